The minimum atomic E-state index is -1.08. The number of halogens is 2. The zero-order valence-electron chi connectivity index (χ0n) is 18.9. The van der Waals surface area contributed by atoms with E-state index >= 15 is 0 Å². The van der Waals surface area contributed by atoms with Gasteiger partial charge in [0.15, 0.2) is 5.17 Å². The topological polar surface area (TPSA) is 83.7 Å². The number of carbonyl (C=O) groups excluding carboxylic acids is 1. The Bertz CT molecular complexity index is 1400. The summed E-state index contributed by atoms with van der Waals surface area (Å²) in [5.41, 5.74) is 6.29. The largest absolute Gasteiger partial charge is 0.478 e. The third-order valence-corrected chi connectivity index (χ3v) is 7.99. The van der Waals surface area contributed by atoms with E-state index in [9.17, 15) is 14.7 Å². The van der Waals surface area contributed by atoms with E-state index in [0.29, 0.717) is 15.8 Å². The highest BCUT2D eigenvalue weighted by Gasteiger charge is 2.25. The van der Waals surface area contributed by atoms with Crippen molar-refractivity contribution in [1.82, 2.24) is 9.88 Å². The van der Waals surface area contributed by atoms with Crippen LogP contribution in [0, 0.1) is 27.7 Å². The lowest BCUT2D eigenvalue weighted by molar-refractivity contribution is -0.115. The molecule has 34 heavy (non-hydrogen) atoms. The molecule has 0 saturated carbocycles. The molecule has 1 aliphatic rings. The number of carboxylic acids is 1. The molecule has 0 radical (unpaired) electrons. The van der Waals surface area contributed by atoms with Gasteiger partial charge in [0.25, 0.3) is 5.91 Å². The zero-order valence-corrected chi connectivity index (χ0v) is 22.0. The monoisotopic (exact) mass is 557 g/mol. The fourth-order valence-corrected chi connectivity index (χ4v) is 5.13. The average molecular weight is 559 g/mol. The molecule has 2 heterocycles. The number of aryl methyl sites for hydroxylation is 3. The summed E-state index contributed by atoms with van der Waals surface area (Å²) in [6.45, 7) is 7.86. The quantitative estimate of drug-likeness (QED) is 0.348. The number of thioether (sulfide) groups is 1. The number of nitrogens with zero attached hydrogens (tertiary/aromatic N) is 2. The lowest BCUT2D eigenvalue weighted by atomic mass is 10.1. The first kappa shape index (κ1) is 24.3. The van der Waals surface area contributed by atoms with E-state index < -0.39 is 5.97 Å². The first-order valence-electron chi connectivity index (χ1n) is 10.3. The molecular weight excluding hydrogens is 538 g/mol. The molecule has 1 amide bonds. The zero-order chi connectivity index (χ0) is 24.7. The van der Waals surface area contributed by atoms with Gasteiger partial charge in [-0.2, -0.15) is 0 Å². The van der Waals surface area contributed by atoms with E-state index in [1.54, 1.807) is 18.2 Å². The predicted octanol–water partition coefficient (Wildman–Crippen LogP) is 6.72. The highest BCUT2D eigenvalue weighted by molar-refractivity contribution is 9.10. The molecule has 3 aromatic rings. The summed E-state index contributed by atoms with van der Waals surface area (Å²) >= 11 is 10.9. The summed E-state index contributed by atoms with van der Waals surface area (Å²) in [5.74, 6) is -1.29. The number of benzene rings is 2. The molecule has 2 N–H and O–H groups in total. The Morgan fingerprint density at radius 2 is 1.82 bits per heavy atom. The summed E-state index contributed by atoms with van der Waals surface area (Å²) in [6, 6.07) is 10.8. The van der Waals surface area contributed by atoms with Gasteiger partial charge in [-0.1, -0.05) is 27.5 Å². The molecule has 6 nitrogen and oxygen atoms in total. The molecule has 4 rings (SSSR count). The van der Waals surface area contributed by atoms with Crippen molar-refractivity contribution < 1.29 is 14.7 Å². The maximum atomic E-state index is 12.6. The van der Waals surface area contributed by atoms with Gasteiger partial charge < -0.3 is 15.0 Å². The van der Waals surface area contributed by atoms with Crippen molar-refractivity contribution in [2.45, 2.75) is 27.7 Å². The van der Waals surface area contributed by atoms with Crippen molar-refractivity contribution in [3.05, 3.63) is 84.4 Å². The van der Waals surface area contributed by atoms with Gasteiger partial charge in [0.2, 0.25) is 0 Å². The molecular formula is C25H21BrClN3O3S. The van der Waals surface area contributed by atoms with Gasteiger partial charge in [-0.05, 0) is 98.6 Å². The molecule has 0 spiro atoms. The Morgan fingerprint density at radius 3 is 2.47 bits per heavy atom. The van der Waals surface area contributed by atoms with E-state index in [1.165, 1.54) is 11.8 Å². The van der Waals surface area contributed by atoms with Crippen LogP contribution in [0.3, 0.4) is 0 Å². The smallest absolute Gasteiger partial charge is 0.337 e. The molecule has 1 saturated heterocycles. The number of aliphatic imine (C=N–C) groups is 1. The Kier molecular flexibility index (Phi) is 6.75. The maximum absolute atomic E-state index is 12.6. The van der Waals surface area contributed by atoms with Gasteiger partial charge in [0.05, 0.1) is 21.2 Å². The minimum absolute atomic E-state index is 0.0385. The number of amides is 1. The van der Waals surface area contributed by atoms with Gasteiger partial charge in [-0.25, -0.2) is 9.79 Å². The van der Waals surface area contributed by atoms with Crippen LogP contribution in [0.4, 0.5) is 5.69 Å². The first-order valence-corrected chi connectivity index (χ1v) is 12.3. The molecule has 0 bridgehead atoms. The van der Waals surface area contributed by atoms with Crippen molar-refractivity contribution in [3.63, 3.8) is 0 Å². The average Bonchev–Trinajstić information content (AvgIpc) is 3.24. The van der Waals surface area contributed by atoms with Crippen LogP contribution in [-0.2, 0) is 4.79 Å². The molecule has 1 aliphatic heterocycles. The van der Waals surface area contributed by atoms with Gasteiger partial charge in [0.1, 0.15) is 0 Å². The van der Waals surface area contributed by atoms with Crippen LogP contribution in [0.15, 0.2) is 50.8 Å². The lowest BCUT2D eigenvalue weighted by Gasteiger charge is -2.11. The van der Waals surface area contributed by atoms with Crippen molar-refractivity contribution in [2.75, 3.05) is 0 Å². The van der Waals surface area contributed by atoms with Crippen LogP contribution in [0.5, 0.6) is 0 Å². The summed E-state index contributed by atoms with van der Waals surface area (Å²) in [6.07, 6.45) is 1.83. The molecule has 0 aliphatic carbocycles. The third kappa shape index (κ3) is 4.71. The lowest BCUT2D eigenvalue weighted by Crippen LogP contribution is -2.19. The predicted molar refractivity (Wildman–Crippen MR) is 142 cm³/mol. The number of hydrogen-bond donors (Lipinski definition) is 2. The number of hydrogen-bond acceptors (Lipinski definition) is 4. The van der Waals surface area contributed by atoms with Crippen molar-refractivity contribution in [3.8, 4) is 5.69 Å². The van der Waals surface area contributed by atoms with E-state index in [0.717, 1.165) is 38.2 Å². The SMILES string of the molecule is Cc1cc(N=C2NC(=O)/C(=C/c3cc(C)n(-c4ccc(Cl)c(C(=O)O)c4)c3C)S2)cc(C)c1Br. The number of aromatic nitrogens is 1. The summed E-state index contributed by atoms with van der Waals surface area (Å²) < 4.78 is 2.99. The maximum Gasteiger partial charge on any atom is 0.337 e. The minimum Gasteiger partial charge on any atom is -0.478 e. The summed E-state index contributed by atoms with van der Waals surface area (Å²) in [4.78, 5) is 29.3. The van der Waals surface area contributed by atoms with Crippen molar-refractivity contribution >= 4 is 68.1 Å². The molecule has 9 heteroatoms. The molecule has 1 aromatic heterocycles. The number of amidine groups is 1. The normalized spacial score (nSPS) is 15.9. The number of rotatable bonds is 4. The van der Waals surface area contributed by atoms with Gasteiger partial charge in [-0.15, -0.1) is 0 Å². The number of carbonyl (C=O) groups is 2. The second-order valence-electron chi connectivity index (χ2n) is 8.01. The van der Waals surface area contributed by atoms with Gasteiger partial charge in [0, 0.05) is 21.5 Å². The molecule has 0 unspecified atom stereocenters. The van der Waals surface area contributed by atoms with Crippen molar-refractivity contribution in [2.24, 2.45) is 4.99 Å². The number of aromatic carboxylic acids is 1. The van der Waals surface area contributed by atoms with Crippen molar-refractivity contribution in [1.29, 1.82) is 0 Å². The van der Waals surface area contributed by atoms with Crippen LogP contribution in [0.2, 0.25) is 5.02 Å². The standard InChI is InChI=1S/C25H21BrClN3O3S/c1-12-7-17(8-13(2)22(12)26)28-25-29-23(31)21(34-25)10-16-9-14(3)30(15(16)4)18-5-6-20(27)19(11-18)24(32)33/h5-11H,1-4H3,(H,32,33)(H,28,29,31)/b21-10-. The Morgan fingerprint density at radius 1 is 1.15 bits per heavy atom. The Hall–Kier alpha value is -2.81. The van der Waals surface area contributed by atoms with Gasteiger partial charge in [-0.3, -0.25) is 4.79 Å². The Balaban J connectivity index is 1.66. The second-order valence-corrected chi connectivity index (χ2v) is 10.2. The second kappa shape index (κ2) is 9.44. The summed E-state index contributed by atoms with van der Waals surface area (Å²) in [7, 11) is 0. The number of nitrogens with one attached hydrogen (secondary N) is 1. The highest BCUT2D eigenvalue weighted by atomic mass is 79.9. The van der Waals surface area contributed by atoms with Crippen LogP contribution >= 0.6 is 39.3 Å². The highest BCUT2D eigenvalue weighted by Crippen LogP contribution is 2.32. The van der Waals surface area contributed by atoms with Crippen LogP contribution in [0.25, 0.3) is 11.8 Å². The van der Waals surface area contributed by atoms with E-state index in [1.807, 2.05) is 56.5 Å². The fraction of sp³-hybridized carbons (Fsp3) is 0.160. The fourth-order valence-electron chi connectivity index (χ4n) is 3.87. The van der Waals surface area contributed by atoms with E-state index in [-0.39, 0.29) is 16.5 Å². The van der Waals surface area contributed by atoms with E-state index in [4.69, 9.17) is 11.6 Å². The van der Waals surface area contributed by atoms with Crippen LogP contribution in [-0.4, -0.2) is 26.7 Å². The molecule has 174 valence electrons. The molecule has 2 aromatic carbocycles. The summed E-state index contributed by atoms with van der Waals surface area (Å²) in [5, 5.41) is 12.9. The Labute approximate surface area is 214 Å². The van der Waals surface area contributed by atoms with Crippen LogP contribution in [0.1, 0.15) is 38.4 Å². The molecule has 1 fully saturated rings. The van der Waals surface area contributed by atoms with Crippen LogP contribution < -0.4 is 5.32 Å². The molecule has 0 atom stereocenters. The van der Waals surface area contributed by atoms with E-state index in [2.05, 4.69) is 26.2 Å². The van der Waals surface area contributed by atoms with Gasteiger partial charge >= 0.3 is 5.97 Å². The first-order chi connectivity index (χ1) is 16.0. The number of carboxylic acid groups (broad SMARTS) is 1. The third-order valence-electron chi connectivity index (χ3n) is 5.50.